The molecule has 64 valence electrons. The fraction of sp³-hybridized carbons (Fsp3) is 0.700. The summed E-state index contributed by atoms with van der Waals surface area (Å²) in [6, 6.07) is 0. The van der Waals surface area contributed by atoms with Gasteiger partial charge in [0, 0.05) is 5.92 Å². The predicted octanol–water partition coefficient (Wildman–Crippen LogP) is 2.81. The lowest BCUT2D eigenvalue weighted by atomic mass is 9.76. The molecule has 0 radical (unpaired) electrons. The molecule has 0 bridgehead atoms. The van der Waals surface area contributed by atoms with Crippen molar-refractivity contribution in [1.29, 1.82) is 0 Å². The molecule has 0 saturated heterocycles. The van der Waals surface area contributed by atoms with E-state index in [0.29, 0.717) is 0 Å². The second-order valence-corrected chi connectivity index (χ2v) is 3.61. The SMILES string of the molecule is C=CCC(C=O)C(C)(C)CC. The lowest BCUT2D eigenvalue weighted by Gasteiger charge is -2.28. The van der Waals surface area contributed by atoms with E-state index in [1.807, 2.05) is 6.08 Å². The Labute approximate surface area is 69.5 Å². The summed E-state index contributed by atoms with van der Waals surface area (Å²) in [6.45, 7) is 9.99. The van der Waals surface area contributed by atoms with Gasteiger partial charge in [-0.3, -0.25) is 0 Å². The molecule has 11 heavy (non-hydrogen) atoms. The Morgan fingerprint density at radius 1 is 1.55 bits per heavy atom. The minimum Gasteiger partial charge on any atom is -0.303 e. The standard InChI is InChI=1S/C10H18O/c1-5-7-9(8-11)10(3,4)6-2/h5,8-9H,1,6-7H2,2-4H3. The van der Waals surface area contributed by atoms with Crippen LogP contribution in [0.4, 0.5) is 0 Å². The Morgan fingerprint density at radius 3 is 2.36 bits per heavy atom. The topological polar surface area (TPSA) is 17.1 Å². The largest absolute Gasteiger partial charge is 0.303 e. The summed E-state index contributed by atoms with van der Waals surface area (Å²) in [5, 5.41) is 0. The van der Waals surface area contributed by atoms with Crippen LogP contribution in [0.3, 0.4) is 0 Å². The highest BCUT2D eigenvalue weighted by Crippen LogP contribution is 2.31. The monoisotopic (exact) mass is 154 g/mol. The molecule has 1 atom stereocenters. The quantitative estimate of drug-likeness (QED) is 0.439. The van der Waals surface area contributed by atoms with Crippen molar-refractivity contribution in [2.75, 3.05) is 0 Å². The number of allylic oxidation sites excluding steroid dienone is 1. The Hall–Kier alpha value is -0.590. The van der Waals surface area contributed by atoms with Crippen LogP contribution in [0, 0.1) is 11.3 Å². The van der Waals surface area contributed by atoms with Crippen LogP contribution in [0.1, 0.15) is 33.6 Å². The highest BCUT2D eigenvalue weighted by Gasteiger charge is 2.25. The van der Waals surface area contributed by atoms with E-state index in [4.69, 9.17) is 0 Å². The summed E-state index contributed by atoms with van der Waals surface area (Å²) in [7, 11) is 0. The van der Waals surface area contributed by atoms with E-state index in [1.165, 1.54) is 0 Å². The van der Waals surface area contributed by atoms with Crippen LogP contribution in [0.15, 0.2) is 12.7 Å². The van der Waals surface area contributed by atoms with Crippen molar-refractivity contribution in [3.05, 3.63) is 12.7 Å². The molecule has 0 heterocycles. The van der Waals surface area contributed by atoms with E-state index in [2.05, 4.69) is 27.4 Å². The first kappa shape index (κ1) is 10.4. The number of hydrogen-bond acceptors (Lipinski definition) is 1. The highest BCUT2D eigenvalue weighted by atomic mass is 16.1. The van der Waals surface area contributed by atoms with E-state index >= 15 is 0 Å². The van der Waals surface area contributed by atoms with Crippen molar-refractivity contribution in [3.8, 4) is 0 Å². The lowest BCUT2D eigenvalue weighted by molar-refractivity contribution is -0.114. The zero-order chi connectivity index (χ0) is 8.91. The van der Waals surface area contributed by atoms with Gasteiger partial charge in [0.05, 0.1) is 0 Å². The predicted molar refractivity (Wildman–Crippen MR) is 48.4 cm³/mol. The van der Waals surface area contributed by atoms with Gasteiger partial charge in [-0.2, -0.15) is 0 Å². The van der Waals surface area contributed by atoms with Gasteiger partial charge in [0.15, 0.2) is 0 Å². The van der Waals surface area contributed by atoms with Crippen molar-refractivity contribution in [2.24, 2.45) is 11.3 Å². The number of carbonyl (C=O) groups excluding carboxylic acids is 1. The van der Waals surface area contributed by atoms with Gasteiger partial charge in [0.2, 0.25) is 0 Å². The third kappa shape index (κ3) is 2.87. The van der Waals surface area contributed by atoms with Crippen LogP contribution in [-0.4, -0.2) is 6.29 Å². The molecule has 0 amide bonds. The van der Waals surface area contributed by atoms with Crippen LogP contribution >= 0.6 is 0 Å². The minimum atomic E-state index is 0.121. The van der Waals surface area contributed by atoms with Gasteiger partial charge in [-0.05, 0) is 11.8 Å². The van der Waals surface area contributed by atoms with E-state index in [-0.39, 0.29) is 11.3 Å². The molecule has 0 aromatic rings. The average molecular weight is 154 g/mol. The summed E-state index contributed by atoms with van der Waals surface area (Å²) in [4.78, 5) is 10.7. The number of rotatable bonds is 5. The Morgan fingerprint density at radius 2 is 2.09 bits per heavy atom. The van der Waals surface area contributed by atoms with Crippen molar-refractivity contribution in [1.82, 2.24) is 0 Å². The van der Waals surface area contributed by atoms with Gasteiger partial charge in [-0.15, -0.1) is 6.58 Å². The molecular weight excluding hydrogens is 136 g/mol. The minimum absolute atomic E-state index is 0.121. The van der Waals surface area contributed by atoms with Crippen molar-refractivity contribution in [2.45, 2.75) is 33.6 Å². The fourth-order valence-corrected chi connectivity index (χ4v) is 1.00. The Balaban J connectivity index is 4.21. The van der Waals surface area contributed by atoms with Gasteiger partial charge in [0.25, 0.3) is 0 Å². The van der Waals surface area contributed by atoms with Crippen molar-refractivity contribution < 1.29 is 4.79 Å². The van der Waals surface area contributed by atoms with E-state index in [9.17, 15) is 4.79 Å². The van der Waals surface area contributed by atoms with Crippen LogP contribution in [0.5, 0.6) is 0 Å². The van der Waals surface area contributed by atoms with E-state index in [1.54, 1.807) is 0 Å². The number of aldehydes is 1. The molecule has 0 aliphatic heterocycles. The molecule has 1 heteroatoms. The molecule has 0 N–H and O–H groups in total. The normalized spacial score (nSPS) is 14.1. The molecule has 0 rings (SSSR count). The van der Waals surface area contributed by atoms with Gasteiger partial charge < -0.3 is 4.79 Å². The molecular formula is C10H18O. The molecule has 0 aromatic carbocycles. The molecule has 0 saturated carbocycles. The summed E-state index contributed by atoms with van der Waals surface area (Å²) in [5.41, 5.74) is 0.121. The second-order valence-electron chi connectivity index (χ2n) is 3.61. The van der Waals surface area contributed by atoms with Crippen molar-refractivity contribution >= 4 is 6.29 Å². The van der Waals surface area contributed by atoms with Gasteiger partial charge in [0.1, 0.15) is 6.29 Å². The highest BCUT2D eigenvalue weighted by molar-refractivity contribution is 5.55. The molecule has 0 fully saturated rings. The third-order valence-electron chi connectivity index (χ3n) is 2.50. The third-order valence-corrected chi connectivity index (χ3v) is 2.50. The maximum atomic E-state index is 10.7. The number of hydrogen-bond donors (Lipinski definition) is 0. The van der Waals surface area contributed by atoms with E-state index < -0.39 is 0 Å². The maximum absolute atomic E-state index is 10.7. The fourth-order valence-electron chi connectivity index (χ4n) is 1.00. The summed E-state index contributed by atoms with van der Waals surface area (Å²) in [6.07, 6.45) is 4.69. The molecule has 0 aromatic heterocycles. The van der Waals surface area contributed by atoms with Crippen molar-refractivity contribution in [3.63, 3.8) is 0 Å². The molecule has 1 nitrogen and oxygen atoms in total. The van der Waals surface area contributed by atoms with Gasteiger partial charge in [-0.1, -0.05) is 33.3 Å². The first-order chi connectivity index (χ1) is 5.08. The zero-order valence-electron chi connectivity index (χ0n) is 7.76. The van der Waals surface area contributed by atoms with E-state index in [0.717, 1.165) is 19.1 Å². The molecule has 0 spiro atoms. The molecule has 0 aliphatic rings. The molecule has 1 unspecified atom stereocenters. The average Bonchev–Trinajstić information content (AvgIpc) is 2.00. The second kappa shape index (κ2) is 4.32. The smallest absolute Gasteiger partial charge is 0.123 e. The number of carbonyl (C=O) groups is 1. The first-order valence-electron chi connectivity index (χ1n) is 4.14. The Kier molecular flexibility index (Phi) is 4.09. The Bertz CT molecular complexity index is 136. The van der Waals surface area contributed by atoms with Gasteiger partial charge >= 0.3 is 0 Å². The summed E-state index contributed by atoms with van der Waals surface area (Å²) in [5.74, 6) is 0.130. The summed E-state index contributed by atoms with van der Waals surface area (Å²) < 4.78 is 0. The van der Waals surface area contributed by atoms with Crippen LogP contribution in [0.2, 0.25) is 0 Å². The zero-order valence-corrected chi connectivity index (χ0v) is 7.76. The van der Waals surface area contributed by atoms with Crippen LogP contribution < -0.4 is 0 Å². The van der Waals surface area contributed by atoms with Crippen LogP contribution in [-0.2, 0) is 4.79 Å². The lowest BCUT2D eigenvalue weighted by Crippen LogP contribution is -2.23. The first-order valence-corrected chi connectivity index (χ1v) is 4.14. The summed E-state index contributed by atoms with van der Waals surface area (Å²) >= 11 is 0. The van der Waals surface area contributed by atoms with Gasteiger partial charge in [-0.25, -0.2) is 0 Å². The maximum Gasteiger partial charge on any atom is 0.123 e. The molecule has 0 aliphatic carbocycles. The van der Waals surface area contributed by atoms with Crippen LogP contribution in [0.25, 0.3) is 0 Å².